The Morgan fingerprint density at radius 1 is 1.15 bits per heavy atom. The molecule has 0 aromatic heterocycles. The van der Waals surface area contributed by atoms with Crippen LogP contribution in [0.3, 0.4) is 0 Å². The zero-order valence-electron chi connectivity index (χ0n) is 13.6. The molecule has 118 valence electrons. The molecule has 0 spiro atoms. The average molecular weight is 283 g/mol. The zero-order valence-corrected chi connectivity index (χ0v) is 13.6. The van der Waals surface area contributed by atoms with E-state index in [1.54, 1.807) is 0 Å². The van der Waals surface area contributed by atoms with Crippen LogP contribution < -0.4 is 5.32 Å². The number of ether oxygens (including phenoxy) is 2. The van der Waals surface area contributed by atoms with E-state index in [4.69, 9.17) is 9.47 Å². The molecule has 0 bridgehead atoms. The lowest BCUT2D eigenvalue weighted by molar-refractivity contribution is -0.123. The summed E-state index contributed by atoms with van der Waals surface area (Å²) in [7, 11) is 1.90. The molecule has 2 rings (SSSR count). The number of likely N-dealkylation sites (N-methyl/N-ethyl adjacent to an activating group) is 1. The van der Waals surface area contributed by atoms with Crippen molar-refractivity contribution >= 4 is 0 Å². The molecular weight excluding hydrogens is 250 g/mol. The second kappa shape index (κ2) is 7.77. The van der Waals surface area contributed by atoms with Crippen molar-refractivity contribution in [2.75, 3.05) is 26.9 Å². The smallest absolute Gasteiger partial charge is 0.0877 e. The predicted octanol–water partition coefficient (Wildman–Crippen LogP) is 3.38. The molecule has 2 aliphatic rings. The van der Waals surface area contributed by atoms with E-state index in [1.807, 2.05) is 7.11 Å². The molecule has 1 heterocycles. The van der Waals surface area contributed by atoms with Crippen LogP contribution in [-0.2, 0) is 9.47 Å². The summed E-state index contributed by atoms with van der Waals surface area (Å²) < 4.78 is 11.6. The van der Waals surface area contributed by atoms with Gasteiger partial charge in [0.25, 0.3) is 0 Å². The minimum Gasteiger partial charge on any atom is -0.381 e. The molecule has 0 amide bonds. The van der Waals surface area contributed by atoms with Crippen molar-refractivity contribution < 1.29 is 9.47 Å². The summed E-state index contributed by atoms with van der Waals surface area (Å²) in [5.74, 6) is 1.73. The highest BCUT2D eigenvalue weighted by Crippen LogP contribution is 2.39. The number of hydrogen-bond acceptors (Lipinski definition) is 3. The molecule has 3 nitrogen and oxygen atoms in total. The van der Waals surface area contributed by atoms with Crippen LogP contribution in [0.2, 0.25) is 0 Å². The Morgan fingerprint density at radius 3 is 2.30 bits per heavy atom. The van der Waals surface area contributed by atoms with Crippen molar-refractivity contribution in [1.82, 2.24) is 5.32 Å². The molecule has 1 saturated heterocycles. The van der Waals surface area contributed by atoms with Gasteiger partial charge >= 0.3 is 0 Å². The third kappa shape index (κ3) is 3.55. The molecule has 1 atom stereocenters. The maximum absolute atomic E-state index is 6.06. The predicted molar refractivity (Wildman–Crippen MR) is 83.0 cm³/mol. The summed E-state index contributed by atoms with van der Waals surface area (Å²) in [5, 5.41) is 3.77. The maximum Gasteiger partial charge on any atom is 0.0877 e. The van der Waals surface area contributed by atoms with Gasteiger partial charge in [0.2, 0.25) is 0 Å². The van der Waals surface area contributed by atoms with Crippen LogP contribution in [0.1, 0.15) is 58.8 Å². The monoisotopic (exact) mass is 283 g/mol. The first-order valence-corrected chi connectivity index (χ1v) is 8.62. The number of methoxy groups -OCH3 is 1. The highest BCUT2D eigenvalue weighted by atomic mass is 16.5. The standard InChI is InChI=1S/C17H33NO2/c1-4-14-6-8-15(9-7-14)16(18-5-2)17(19-3)10-12-20-13-11-17/h14-16,18H,4-13H2,1-3H3. The Bertz CT molecular complexity index is 268. The van der Waals surface area contributed by atoms with E-state index >= 15 is 0 Å². The molecule has 2 fully saturated rings. The van der Waals surface area contributed by atoms with E-state index in [0.717, 1.165) is 44.4 Å². The van der Waals surface area contributed by atoms with Crippen molar-refractivity contribution in [1.29, 1.82) is 0 Å². The van der Waals surface area contributed by atoms with Gasteiger partial charge in [0.05, 0.1) is 5.60 Å². The summed E-state index contributed by atoms with van der Waals surface area (Å²) in [6, 6.07) is 0.499. The summed E-state index contributed by atoms with van der Waals surface area (Å²) in [6.45, 7) is 7.28. The van der Waals surface area contributed by atoms with Crippen LogP contribution in [0.5, 0.6) is 0 Å². The lowest BCUT2D eigenvalue weighted by Crippen LogP contribution is -2.58. The molecule has 1 unspecified atom stereocenters. The highest BCUT2D eigenvalue weighted by Gasteiger charge is 2.44. The SMILES string of the molecule is CCNC(C1CCC(CC)CC1)C1(OC)CCOCC1. The Labute approximate surface area is 124 Å². The second-order valence-electron chi connectivity index (χ2n) is 6.61. The quantitative estimate of drug-likeness (QED) is 0.810. The number of nitrogens with one attached hydrogen (secondary N) is 1. The summed E-state index contributed by atoms with van der Waals surface area (Å²) in [5.41, 5.74) is -0.00201. The van der Waals surface area contributed by atoms with Crippen LogP contribution in [0.4, 0.5) is 0 Å². The first-order chi connectivity index (χ1) is 9.75. The Morgan fingerprint density at radius 2 is 1.80 bits per heavy atom. The largest absolute Gasteiger partial charge is 0.381 e. The van der Waals surface area contributed by atoms with Gasteiger partial charge in [-0.2, -0.15) is 0 Å². The fourth-order valence-corrected chi connectivity index (χ4v) is 4.29. The minimum atomic E-state index is -0.00201. The van der Waals surface area contributed by atoms with Crippen molar-refractivity contribution in [3.63, 3.8) is 0 Å². The van der Waals surface area contributed by atoms with Crippen molar-refractivity contribution in [2.24, 2.45) is 11.8 Å². The lowest BCUT2D eigenvalue weighted by Gasteiger charge is -2.47. The fraction of sp³-hybridized carbons (Fsp3) is 1.00. The van der Waals surface area contributed by atoms with Gasteiger partial charge in [-0.05, 0) is 31.2 Å². The van der Waals surface area contributed by atoms with Gasteiger partial charge in [-0.3, -0.25) is 0 Å². The minimum absolute atomic E-state index is 0.00201. The molecule has 1 aliphatic carbocycles. The molecule has 20 heavy (non-hydrogen) atoms. The van der Waals surface area contributed by atoms with Gasteiger partial charge in [-0.15, -0.1) is 0 Å². The molecule has 0 radical (unpaired) electrons. The van der Waals surface area contributed by atoms with E-state index < -0.39 is 0 Å². The van der Waals surface area contributed by atoms with Gasteiger partial charge in [0, 0.05) is 39.2 Å². The summed E-state index contributed by atoms with van der Waals surface area (Å²) in [4.78, 5) is 0. The van der Waals surface area contributed by atoms with Gasteiger partial charge < -0.3 is 14.8 Å². The lowest BCUT2D eigenvalue weighted by atomic mass is 9.71. The molecule has 1 saturated carbocycles. The molecule has 0 aromatic carbocycles. The van der Waals surface area contributed by atoms with Crippen LogP contribution in [-0.4, -0.2) is 38.5 Å². The molecule has 3 heteroatoms. The number of hydrogen-bond donors (Lipinski definition) is 1. The van der Waals surface area contributed by atoms with E-state index in [0.29, 0.717) is 6.04 Å². The van der Waals surface area contributed by atoms with Crippen LogP contribution in [0.15, 0.2) is 0 Å². The van der Waals surface area contributed by atoms with E-state index in [2.05, 4.69) is 19.2 Å². The van der Waals surface area contributed by atoms with E-state index in [1.165, 1.54) is 32.1 Å². The van der Waals surface area contributed by atoms with Crippen LogP contribution in [0, 0.1) is 11.8 Å². The van der Waals surface area contributed by atoms with Crippen LogP contribution in [0.25, 0.3) is 0 Å². The topological polar surface area (TPSA) is 30.5 Å². The average Bonchev–Trinajstić information content (AvgIpc) is 2.53. The van der Waals surface area contributed by atoms with Gasteiger partial charge in [0.15, 0.2) is 0 Å². The first-order valence-electron chi connectivity index (χ1n) is 8.62. The molecule has 1 N–H and O–H groups in total. The first kappa shape index (κ1) is 16.3. The Hall–Kier alpha value is -0.120. The third-order valence-electron chi connectivity index (χ3n) is 5.68. The van der Waals surface area contributed by atoms with Crippen molar-refractivity contribution in [3.05, 3.63) is 0 Å². The van der Waals surface area contributed by atoms with Crippen molar-refractivity contribution in [3.8, 4) is 0 Å². The van der Waals surface area contributed by atoms with Gasteiger partial charge in [-0.25, -0.2) is 0 Å². The maximum atomic E-state index is 6.06. The zero-order chi connectivity index (χ0) is 14.4. The summed E-state index contributed by atoms with van der Waals surface area (Å²) >= 11 is 0. The van der Waals surface area contributed by atoms with Crippen molar-refractivity contribution in [2.45, 2.75) is 70.4 Å². The van der Waals surface area contributed by atoms with E-state index in [9.17, 15) is 0 Å². The van der Waals surface area contributed by atoms with Crippen LogP contribution >= 0.6 is 0 Å². The van der Waals surface area contributed by atoms with Gasteiger partial charge in [-0.1, -0.05) is 33.1 Å². The third-order valence-corrected chi connectivity index (χ3v) is 5.68. The fourth-order valence-electron chi connectivity index (χ4n) is 4.29. The highest BCUT2D eigenvalue weighted by molar-refractivity contribution is 4.99. The normalized spacial score (nSPS) is 31.9. The Balaban J connectivity index is 2.05. The molecule has 1 aliphatic heterocycles. The summed E-state index contributed by atoms with van der Waals surface area (Å²) in [6.07, 6.45) is 8.95. The molecule has 0 aromatic rings. The second-order valence-corrected chi connectivity index (χ2v) is 6.61. The molecular formula is C17H33NO2. The van der Waals surface area contributed by atoms with E-state index in [-0.39, 0.29) is 5.60 Å². The Kier molecular flexibility index (Phi) is 6.31. The van der Waals surface area contributed by atoms with Gasteiger partial charge in [0.1, 0.15) is 0 Å². The number of rotatable bonds is 6.